The summed E-state index contributed by atoms with van der Waals surface area (Å²) in [6.45, 7) is 1.98. The monoisotopic (exact) mass is 311 g/mol. The summed E-state index contributed by atoms with van der Waals surface area (Å²) in [5.41, 5.74) is 0.704. The van der Waals surface area contributed by atoms with Crippen molar-refractivity contribution in [2.75, 3.05) is 0 Å². The number of hydrogen-bond donors (Lipinski definition) is 0. The summed E-state index contributed by atoms with van der Waals surface area (Å²) in [6.07, 6.45) is 1.74. The van der Waals surface area contributed by atoms with Gasteiger partial charge >= 0.3 is 0 Å². The summed E-state index contributed by atoms with van der Waals surface area (Å²) >= 11 is 4.98. The lowest BCUT2D eigenvalue weighted by Gasteiger charge is -2.12. The van der Waals surface area contributed by atoms with Crippen LogP contribution in [0.15, 0.2) is 52.1 Å². The molecular weight excluding hydrogens is 301 g/mol. The fourth-order valence-electron chi connectivity index (χ4n) is 1.49. The van der Waals surface area contributed by atoms with Gasteiger partial charge in [-0.3, -0.25) is 0 Å². The van der Waals surface area contributed by atoms with Crippen LogP contribution >= 0.6 is 27.7 Å². The molecule has 0 N–H and O–H groups in total. The largest absolute Gasteiger partial charge is 0.249 e. The van der Waals surface area contributed by atoms with E-state index in [0.717, 1.165) is 9.50 Å². The van der Waals surface area contributed by atoms with Crippen LogP contribution in [0.25, 0.3) is 0 Å². The number of halogens is 2. The first-order chi connectivity index (χ1) is 8.18. The first-order valence-corrected chi connectivity index (χ1v) is 6.87. The minimum Gasteiger partial charge on any atom is -0.249 e. The molecule has 0 saturated heterocycles. The van der Waals surface area contributed by atoms with Crippen LogP contribution in [0.3, 0.4) is 0 Å². The van der Waals surface area contributed by atoms with Crippen molar-refractivity contribution in [3.05, 3.63) is 58.4 Å². The third kappa shape index (κ3) is 3.07. The highest BCUT2D eigenvalue weighted by atomic mass is 79.9. The molecule has 88 valence electrons. The van der Waals surface area contributed by atoms with Crippen molar-refractivity contribution in [1.29, 1.82) is 0 Å². The lowest BCUT2D eigenvalue weighted by molar-refractivity contribution is 0.611. The molecule has 0 aliphatic heterocycles. The van der Waals surface area contributed by atoms with Crippen molar-refractivity contribution >= 4 is 27.7 Å². The molecule has 1 nitrogen and oxygen atoms in total. The molecular formula is C13H11BrFNS. The number of pyridine rings is 1. The SMILES string of the molecule is C[C@H](Sc1ncccc1Br)c1ccccc1F. The molecule has 0 unspecified atom stereocenters. The maximum atomic E-state index is 13.6. The maximum absolute atomic E-state index is 13.6. The highest BCUT2D eigenvalue weighted by molar-refractivity contribution is 9.10. The Morgan fingerprint density at radius 1 is 1.24 bits per heavy atom. The van der Waals surface area contributed by atoms with Gasteiger partial charge in [0, 0.05) is 21.5 Å². The average Bonchev–Trinajstić information content (AvgIpc) is 2.32. The fourth-order valence-corrected chi connectivity index (χ4v) is 2.98. The third-order valence-corrected chi connectivity index (χ3v) is 4.41. The molecule has 0 aliphatic rings. The Kier molecular flexibility index (Phi) is 4.18. The molecule has 1 aromatic heterocycles. The summed E-state index contributed by atoms with van der Waals surface area (Å²) < 4.78 is 14.5. The minimum absolute atomic E-state index is 0.0300. The summed E-state index contributed by atoms with van der Waals surface area (Å²) in [7, 11) is 0. The van der Waals surface area contributed by atoms with Crippen LogP contribution in [0.5, 0.6) is 0 Å². The van der Waals surface area contributed by atoms with Crippen molar-refractivity contribution in [2.24, 2.45) is 0 Å². The van der Waals surface area contributed by atoms with Gasteiger partial charge in [-0.05, 0) is 41.1 Å². The predicted octanol–water partition coefficient (Wildman–Crippen LogP) is 4.84. The molecule has 1 atom stereocenters. The molecule has 2 aromatic rings. The van der Waals surface area contributed by atoms with E-state index in [0.29, 0.717) is 5.56 Å². The number of aromatic nitrogens is 1. The van der Waals surface area contributed by atoms with Gasteiger partial charge in [-0.1, -0.05) is 30.0 Å². The van der Waals surface area contributed by atoms with E-state index in [1.807, 2.05) is 31.2 Å². The van der Waals surface area contributed by atoms with E-state index in [1.54, 1.807) is 12.3 Å². The molecule has 1 aromatic carbocycles. The molecule has 2 rings (SSSR count). The summed E-state index contributed by atoms with van der Waals surface area (Å²) in [6, 6.07) is 10.6. The van der Waals surface area contributed by atoms with E-state index in [-0.39, 0.29) is 11.1 Å². The zero-order chi connectivity index (χ0) is 12.3. The maximum Gasteiger partial charge on any atom is 0.127 e. The normalized spacial score (nSPS) is 12.4. The number of benzene rings is 1. The standard InChI is InChI=1S/C13H11BrFNS/c1-9(10-5-2-3-7-12(10)15)17-13-11(14)6-4-8-16-13/h2-9H,1H3/t9-/m0/s1. The molecule has 0 spiro atoms. The number of nitrogens with zero attached hydrogens (tertiary/aromatic N) is 1. The minimum atomic E-state index is -0.167. The summed E-state index contributed by atoms with van der Waals surface area (Å²) in [5.74, 6) is -0.167. The van der Waals surface area contributed by atoms with Crippen molar-refractivity contribution in [1.82, 2.24) is 4.98 Å². The zero-order valence-corrected chi connectivity index (χ0v) is 11.6. The van der Waals surface area contributed by atoms with Gasteiger partial charge < -0.3 is 0 Å². The molecule has 4 heteroatoms. The van der Waals surface area contributed by atoms with E-state index >= 15 is 0 Å². The Labute approximate surface area is 113 Å². The van der Waals surface area contributed by atoms with Gasteiger partial charge in [0.2, 0.25) is 0 Å². The van der Waals surface area contributed by atoms with Crippen LogP contribution in [0.2, 0.25) is 0 Å². The molecule has 0 amide bonds. The Morgan fingerprint density at radius 2 is 2.00 bits per heavy atom. The second kappa shape index (κ2) is 5.65. The molecule has 1 heterocycles. The van der Waals surface area contributed by atoms with E-state index in [4.69, 9.17) is 0 Å². The van der Waals surface area contributed by atoms with E-state index < -0.39 is 0 Å². The summed E-state index contributed by atoms with van der Waals surface area (Å²) in [4.78, 5) is 4.27. The first-order valence-electron chi connectivity index (χ1n) is 5.20. The molecule has 0 fully saturated rings. The molecule has 17 heavy (non-hydrogen) atoms. The van der Waals surface area contributed by atoms with E-state index in [2.05, 4.69) is 20.9 Å². The second-order valence-corrected chi connectivity index (χ2v) is 5.76. The van der Waals surface area contributed by atoms with Gasteiger partial charge in [0.25, 0.3) is 0 Å². The van der Waals surface area contributed by atoms with Crippen molar-refractivity contribution in [3.8, 4) is 0 Å². The van der Waals surface area contributed by atoms with Gasteiger partial charge in [0.15, 0.2) is 0 Å². The molecule has 0 bridgehead atoms. The van der Waals surface area contributed by atoms with Crippen molar-refractivity contribution < 1.29 is 4.39 Å². The third-order valence-electron chi connectivity index (χ3n) is 2.36. The first kappa shape index (κ1) is 12.6. The average molecular weight is 312 g/mol. The number of thioether (sulfide) groups is 1. The van der Waals surface area contributed by atoms with E-state index in [9.17, 15) is 4.39 Å². The highest BCUT2D eigenvalue weighted by Gasteiger charge is 2.13. The fraction of sp³-hybridized carbons (Fsp3) is 0.154. The van der Waals surface area contributed by atoms with Gasteiger partial charge in [0.05, 0.1) is 0 Å². The Balaban J connectivity index is 2.20. The van der Waals surface area contributed by atoms with Crippen molar-refractivity contribution in [2.45, 2.75) is 17.2 Å². The second-order valence-electron chi connectivity index (χ2n) is 3.57. The predicted molar refractivity (Wildman–Crippen MR) is 72.6 cm³/mol. The van der Waals surface area contributed by atoms with Gasteiger partial charge in [-0.25, -0.2) is 9.37 Å². The summed E-state index contributed by atoms with van der Waals surface area (Å²) in [5, 5.41) is 0.908. The topological polar surface area (TPSA) is 12.9 Å². The van der Waals surface area contributed by atoms with Gasteiger partial charge in [-0.15, -0.1) is 0 Å². The molecule has 0 aliphatic carbocycles. The van der Waals surface area contributed by atoms with Crippen molar-refractivity contribution in [3.63, 3.8) is 0 Å². The zero-order valence-electron chi connectivity index (χ0n) is 9.23. The van der Waals surface area contributed by atoms with Gasteiger partial charge in [-0.2, -0.15) is 0 Å². The highest BCUT2D eigenvalue weighted by Crippen LogP contribution is 2.37. The van der Waals surface area contributed by atoms with Crippen LogP contribution in [0.4, 0.5) is 4.39 Å². The van der Waals surface area contributed by atoms with E-state index in [1.165, 1.54) is 17.8 Å². The molecule has 0 radical (unpaired) electrons. The number of hydrogen-bond acceptors (Lipinski definition) is 2. The Bertz CT molecular complexity index is 518. The quantitative estimate of drug-likeness (QED) is 0.752. The molecule has 0 saturated carbocycles. The Morgan fingerprint density at radius 3 is 2.71 bits per heavy atom. The lowest BCUT2D eigenvalue weighted by Crippen LogP contribution is -1.94. The lowest BCUT2D eigenvalue weighted by atomic mass is 10.1. The van der Waals surface area contributed by atoms with Gasteiger partial charge in [0.1, 0.15) is 10.8 Å². The number of rotatable bonds is 3. The van der Waals surface area contributed by atoms with Crippen LogP contribution in [0, 0.1) is 5.82 Å². The van der Waals surface area contributed by atoms with Crippen LogP contribution < -0.4 is 0 Å². The van der Waals surface area contributed by atoms with Crippen LogP contribution in [-0.4, -0.2) is 4.98 Å². The Hall–Kier alpha value is -0.870. The smallest absolute Gasteiger partial charge is 0.127 e. The van der Waals surface area contributed by atoms with Crippen LogP contribution in [-0.2, 0) is 0 Å². The van der Waals surface area contributed by atoms with Crippen LogP contribution in [0.1, 0.15) is 17.7 Å².